The van der Waals surface area contributed by atoms with Gasteiger partial charge in [0.05, 0.1) is 11.7 Å². The van der Waals surface area contributed by atoms with Gasteiger partial charge >= 0.3 is 0 Å². The molecule has 1 saturated heterocycles. The predicted molar refractivity (Wildman–Crippen MR) is 59.2 cm³/mol. The highest BCUT2D eigenvalue weighted by molar-refractivity contribution is 5.85. The van der Waals surface area contributed by atoms with Crippen LogP contribution in [0.4, 0.5) is 0 Å². The zero-order valence-corrected chi connectivity index (χ0v) is 9.41. The number of rotatable bonds is 3. The van der Waals surface area contributed by atoms with Gasteiger partial charge in [-0.2, -0.15) is 0 Å². The molecule has 1 aromatic rings. The van der Waals surface area contributed by atoms with E-state index in [-0.39, 0.29) is 19.0 Å². The lowest BCUT2D eigenvalue weighted by molar-refractivity contribution is 0.298. The number of nitrogens with one attached hydrogen (secondary N) is 1. The fourth-order valence-corrected chi connectivity index (χ4v) is 1.79. The first-order valence-corrected chi connectivity index (χ1v) is 5.12. The molecule has 0 saturated carbocycles. The SMILES string of the molecule is Cl.OCCc1cn(C2CCNCC2)nn1. The lowest BCUT2D eigenvalue weighted by Gasteiger charge is -2.22. The molecule has 15 heavy (non-hydrogen) atoms. The first kappa shape index (κ1) is 12.4. The zero-order valence-electron chi connectivity index (χ0n) is 8.59. The highest BCUT2D eigenvalue weighted by atomic mass is 35.5. The number of aromatic nitrogens is 3. The smallest absolute Gasteiger partial charge is 0.0850 e. The summed E-state index contributed by atoms with van der Waals surface area (Å²) in [5.74, 6) is 0. The maximum absolute atomic E-state index is 8.75. The number of hydrogen-bond acceptors (Lipinski definition) is 4. The number of piperidine rings is 1. The molecule has 6 heteroatoms. The summed E-state index contributed by atoms with van der Waals surface area (Å²) in [5, 5.41) is 20.2. The maximum Gasteiger partial charge on any atom is 0.0850 e. The van der Waals surface area contributed by atoms with E-state index in [9.17, 15) is 0 Å². The van der Waals surface area contributed by atoms with E-state index in [0.29, 0.717) is 12.5 Å². The van der Waals surface area contributed by atoms with Crippen LogP contribution in [0.3, 0.4) is 0 Å². The van der Waals surface area contributed by atoms with Crippen molar-refractivity contribution in [1.82, 2.24) is 20.3 Å². The number of aliphatic hydroxyl groups is 1. The highest BCUT2D eigenvalue weighted by Gasteiger charge is 2.15. The van der Waals surface area contributed by atoms with Crippen molar-refractivity contribution in [2.45, 2.75) is 25.3 Å². The van der Waals surface area contributed by atoms with Crippen LogP contribution in [0.25, 0.3) is 0 Å². The first-order chi connectivity index (χ1) is 6.90. The minimum atomic E-state index is 0. The van der Waals surface area contributed by atoms with E-state index in [2.05, 4.69) is 15.6 Å². The fourth-order valence-electron chi connectivity index (χ4n) is 1.79. The van der Waals surface area contributed by atoms with Crippen molar-refractivity contribution in [3.05, 3.63) is 11.9 Å². The van der Waals surface area contributed by atoms with Crippen molar-refractivity contribution in [3.63, 3.8) is 0 Å². The number of halogens is 1. The lowest BCUT2D eigenvalue weighted by atomic mass is 10.1. The molecule has 1 aliphatic heterocycles. The molecule has 0 spiro atoms. The van der Waals surface area contributed by atoms with Gasteiger partial charge < -0.3 is 10.4 Å². The second-order valence-corrected chi connectivity index (χ2v) is 3.64. The summed E-state index contributed by atoms with van der Waals surface area (Å²) in [6.07, 6.45) is 4.78. The average molecular weight is 233 g/mol. The summed E-state index contributed by atoms with van der Waals surface area (Å²) < 4.78 is 1.94. The van der Waals surface area contributed by atoms with Gasteiger partial charge in [-0.15, -0.1) is 17.5 Å². The molecule has 0 atom stereocenters. The Balaban J connectivity index is 0.00000112. The molecule has 0 aromatic carbocycles. The standard InChI is InChI=1S/C9H16N4O.ClH/c14-6-3-8-7-13(12-11-8)9-1-4-10-5-2-9;/h7,9-10,14H,1-6H2;1H. The Kier molecular flexibility index (Phi) is 5.01. The molecule has 1 aliphatic rings. The number of aliphatic hydroxyl groups excluding tert-OH is 1. The largest absolute Gasteiger partial charge is 0.396 e. The van der Waals surface area contributed by atoms with E-state index in [4.69, 9.17) is 5.11 Å². The highest BCUT2D eigenvalue weighted by Crippen LogP contribution is 2.16. The summed E-state index contributed by atoms with van der Waals surface area (Å²) in [6, 6.07) is 0.483. The minimum absolute atomic E-state index is 0. The lowest BCUT2D eigenvalue weighted by Crippen LogP contribution is -2.29. The van der Waals surface area contributed by atoms with Gasteiger partial charge in [-0.1, -0.05) is 5.21 Å². The van der Waals surface area contributed by atoms with Crippen LogP contribution < -0.4 is 5.32 Å². The molecule has 5 nitrogen and oxygen atoms in total. The van der Waals surface area contributed by atoms with Gasteiger partial charge in [-0.25, -0.2) is 4.68 Å². The molecule has 2 rings (SSSR count). The molecule has 0 aliphatic carbocycles. The van der Waals surface area contributed by atoms with Crippen molar-refractivity contribution < 1.29 is 5.11 Å². The molecule has 0 unspecified atom stereocenters. The first-order valence-electron chi connectivity index (χ1n) is 5.12. The number of hydrogen-bond donors (Lipinski definition) is 2. The minimum Gasteiger partial charge on any atom is -0.396 e. The van der Waals surface area contributed by atoms with E-state index >= 15 is 0 Å². The van der Waals surface area contributed by atoms with E-state index in [1.807, 2.05) is 10.9 Å². The van der Waals surface area contributed by atoms with Crippen LogP contribution >= 0.6 is 12.4 Å². The van der Waals surface area contributed by atoms with Crippen LogP contribution in [-0.4, -0.2) is 39.8 Å². The van der Waals surface area contributed by atoms with Crippen LogP contribution in [0, 0.1) is 0 Å². The molecule has 2 N–H and O–H groups in total. The van der Waals surface area contributed by atoms with Crippen LogP contribution in [0.2, 0.25) is 0 Å². The normalized spacial score (nSPS) is 17.4. The molecule has 1 fully saturated rings. The quantitative estimate of drug-likeness (QED) is 0.780. The Morgan fingerprint density at radius 1 is 1.47 bits per heavy atom. The third-order valence-corrected chi connectivity index (χ3v) is 2.61. The molecule has 0 radical (unpaired) electrons. The molecule has 2 heterocycles. The second kappa shape index (κ2) is 6.05. The van der Waals surface area contributed by atoms with Crippen LogP contribution in [0.15, 0.2) is 6.20 Å². The van der Waals surface area contributed by atoms with Gasteiger partial charge in [0.15, 0.2) is 0 Å². The van der Waals surface area contributed by atoms with Crippen molar-refractivity contribution >= 4 is 12.4 Å². The molecular weight excluding hydrogens is 216 g/mol. The zero-order chi connectivity index (χ0) is 9.80. The monoisotopic (exact) mass is 232 g/mol. The van der Waals surface area contributed by atoms with E-state index < -0.39 is 0 Å². The Labute approximate surface area is 95.3 Å². The predicted octanol–water partition coefficient (Wildman–Crippen LogP) is 0.159. The summed E-state index contributed by atoms with van der Waals surface area (Å²) in [7, 11) is 0. The van der Waals surface area contributed by atoms with Crippen LogP contribution in [0.5, 0.6) is 0 Å². The van der Waals surface area contributed by atoms with Crippen molar-refractivity contribution in [2.24, 2.45) is 0 Å². The maximum atomic E-state index is 8.75. The van der Waals surface area contributed by atoms with Gasteiger partial charge in [-0.05, 0) is 25.9 Å². The van der Waals surface area contributed by atoms with Crippen LogP contribution in [-0.2, 0) is 6.42 Å². The van der Waals surface area contributed by atoms with Crippen molar-refractivity contribution in [2.75, 3.05) is 19.7 Å². The van der Waals surface area contributed by atoms with Gasteiger partial charge in [0.1, 0.15) is 0 Å². The van der Waals surface area contributed by atoms with E-state index in [1.165, 1.54) is 0 Å². The molecule has 0 bridgehead atoms. The molecular formula is C9H17ClN4O. The average Bonchev–Trinajstić information content (AvgIpc) is 2.68. The molecule has 1 aromatic heterocycles. The summed E-state index contributed by atoms with van der Waals surface area (Å²) >= 11 is 0. The van der Waals surface area contributed by atoms with Gasteiger partial charge in [0.25, 0.3) is 0 Å². The second-order valence-electron chi connectivity index (χ2n) is 3.64. The van der Waals surface area contributed by atoms with Crippen molar-refractivity contribution in [3.8, 4) is 0 Å². The third-order valence-electron chi connectivity index (χ3n) is 2.61. The fraction of sp³-hybridized carbons (Fsp3) is 0.778. The Morgan fingerprint density at radius 2 is 2.20 bits per heavy atom. The van der Waals surface area contributed by atoms with Crippen molar-refractivity contribution in [1.29, 1.82) is 0 Å². The van der Waals surface area contributed by atoms with Crippen LogP contribution in [0.1, 0.15) is 24.6 Å². The topological polar surface area (TPSA) is 63.0 Å². The van der Waals surface area contributed by atoms with E-state index in [0.717, 1.165) is 31.6 Å². The Hall–Kier alpha value is -0.650. The Bertz CT molecular complexity index is 285. The summed E-state index contributed by atoms with van der Waals surface area (Å²) in [4.78, 5) is 0. The van der Waals surface area contributed by atoms with Gasteiger partial charge in [0.2, 0.25) is 0 Å². The van der Waals surface area contributed by atoms with Gasteiger partial charge in [-0.3, -0.25) is 0 Å². The Morgan fingerprint density at radius 3 is 2.87 bits per heavy atom. The number of nitrogens with zero attached hydrogens (tertiary/aromatic N) is 3. The van der Waals surface area contributed by atoms with E-state index in [1.54, 1.807) is 0 Å². The van der Waals surface area contributed by atoms with Gasteiger partial charge in [0, 0.05) is 19.2 Å². The summed E-state index contributed by atoms with van der Waals surface area (Å²) in [5.41, 5.74) is 0.881. The third kappa shape index (κ3) is 3.15. The molecule has 0 amide bonds. The molecule has 86 valence electrons. The summed E-state index contributed by atoms with van der Waals surface area (Å²) in [6.45, 7) is 2.25.